The van der Waals surface area contributed by atoms with Crippen molar-refractivity contribution in [1.29, 1.82) is 0 Å². The van der Waals surface area contributed by atoms with Crippen LogP contribution >= 0.6 is 0 Å². The smallest absolute Gasteiger partial charge is 0.252 e. The molecule has 0 bridgehead atoms. The Hall–Kier alpha value is -0.930. The third-order valence-corrected chi connectivity index (χ3v) is 2.05. The van der Waals surface area contributed by atoms with E-state index in [0.717, 1.165) is 0 Å². The predicted octanol–water partition coefficient (Wildman–Crippen LogP) is -2.20. The minimum Gasteiger partial charge on any atom is -0.252 e. The van der Waals surface area contributed by atoms with E-state index < -0.39 is 16.5 Å². The molecule has 1 aliphatic heterocycles. The highest BCUT2D eigenvalue weighted by Gasteiger charge is 2.16. The van der Waals surface area contributed by atoms with Gasteiger partial charge in [0.15, 0.2) is 6.29 Å². The molecule has 0 aromatic rings. The Bertz CT molecular complexity index is 237. The molecule has 0 amide bonds. The Balaban J connectivity index is 2.43. The molecule has 11 heavy (non-hydrogen) atoms. The summed E-state index contributed by atoms with van der Waals surface area (Å²) in [6.07, 6.45) is -0.674. The third kappa shape index (κ3) is 2.29. The summed E-state index contributed by atoms with van der Waals surface area (Å²) >= 11 is 0. The maximum atomic E-state index is 10.8. The van der Waals surface area contributed by atoms with Crippen molar-refractivity contribution in [1.82, 2.24) is 20.3 Å². The second kappa shape index (κ2) is 2.98. The lowest BCUT2D eigenvalue weighted by Gasteiger charge is -2.09. The van der Waals surface area contributed by atoms with Crippen LogP contribution in [0.25, 0.3) is 0 Å². The number of rotatable bonds is 3. The van der Waals surface area contributed by atoms with Gasteiger partial charge in [-0.15, -0.1) is 0 Å². The summed E-state index contributed by atoms with van der Waals surface area (Å²) < 4.78 is 25.8. The Kier molecular flexibility index (Phi) is 2.22. The van der Waals surface area contributed by atoms with E-state index in [-0.39, 0.29) is 0 Å². The van der Waals surface area contributed by atoms with Gasteiger partial charge < -0.3 is 0 Å². The first kappa shape index (κ1) is 8.17. The van der Waals surface area contributed by atoms with Crippen molar-refractivity contribution >= 4 is 10.2 Å². The first-order chi connectivity index (χ1) is 5.14. The molecule has 0 unspecified atom stereocenters. The van der Waals surface area contributed by atoms with Crippen LogP contribution in [0.15, 0.2) is 10.4 Å². The zero-order chi connectivity index (χ0) is 8.32. The molecule has 8 nitrogen and oxygen atoms in total. The fourth-order valence-corrected chi connectivity index (χ4v) is 1.00. The van der Waals surface area contributed by atoms with E-state index in [1.807, 2.05) is 0 Å². The molecule has 0 radical (unpaired) electrons. The van der Waals surface area contributed by atoms with E-state index in [2.05, 4.69) is 30.7 Å². The summed E-state index contributed by atoms with van der Waals surface area (Å²) in [6.45, 7) is 0. The first-order valence-corrected chi connectivity index (χ1v) is 4.24. The normalized spacial score (nSPS) is 17.9. The van der Waals surface area contributed by atoms with Gasteiger partial charge in [-0.1, -0.05) is 10.4 Å². The Labute approximate surface area is 63.6 Å². The zero-order valence-electron chi connectivity index (χ0n) is 5.70. The van der Waals surface area contributed by atoms with Crippen LogP contribution in [0, 0.1) is 0 Å². The molecule has 0 saturated heterocycles. The standard InChI is InChI=1S/C2H8N6O2S/c1-3-11(9,10)6-2-4-7-8-5-2/h2-3,6H,1H3,(H,4,8)(H,5,7). The lowest BCUT2D eigenvalue weighted by atomic mass is 11.0. The monoisotopic (exact) mass is 180 g/mol. The fourth-order valence-electron chi connectivity index (χ4n) is 0.469. The van der Waals surface area contributed by atoms with E-state index in [0.29, 0.717) is 0 Å². The summed E-state index contributed by atoms with van der Waals surface area (Å²) in [5.41, 5.74) is 4.73. The Morgan fingerprint density at radius 2 is 1.91 bits per heavy atom. The Morgan fingerprint density at radius 3 is 2.36 bits per heavy atom. The predicted molar refractivity (Wildman–Crippen MR) is 36.0 cm³/mol. The van der Waals surface area contributed by atoms with Crippen LogP contribution in [0.3, 0.4) is 0 Å². The van der Waals surface area contributed by atoms with E-state index in [1.54, 1.807) is 0 Å². The molecule has 1 rings (SSSR count). The summed E-state index contributed by atoms with van der Waals surface area (Å²) in [4.78, 5) is 0. The summed E-state index contributed by atoms with van der Waals surface area (Å²) in [6, 6.07) is 0. The van der Waals surface area contributed by atoms with Gasteiger partial charge in [-0.2, -0.15) is 13.1 Å². The largest absolute Gasteiger partial charge is 0.279 e. The van der Waals surface area contributed by atoms with Gasteiger partial charge in [0.25, 0.3) is 10.2 Å². The van der Waals surface area contributed by atoms with E-state index in [1.165, 1.54) is 7.05 Å². The van der Waals surface area contributed by atoms with Gasteiger partial charge in [0.1, 0.15) is 0 Å². The lowest BCUT2D eigenvalue weighted by Crippen LogP contribution is -2.50. The van der Waals surface area contributed by atoms with Crippen molar-refractivity contribution in [2.75, 3.05) is 7.05 Å². The molecule has 0 aliphatic carbocycles. The maximum Gasteiger partial charge on any atom is 0.279 e. The van der Waals surface area contributed by atoms with Gasteiger partial charge in [0.2, 0.25) is 0 Å². The molecule has 1 heterocycles. The molecule has 1 aliphatic rings. The highest BCUT2D eigenvalue weighted by atomic mass is 32.2. The number of nitrogens with one attached hydrogen (secondary N) is 4. The molecule has 0 fully saturated rings. The second-order valence-corrected chi connectivity index (χ2v) is 3.37. The number of hydrogen-bond donors (Lipinski definition) is 4. The van der Waals surface area contributed by atoms with Gasteiger partial charge in [-0.25, -0.2) is 4.72 Å². The van der Waals surface area contributed by atoms with Crippen LogP contribution in [0.5, 0.6) is 0 Å². The van der Waals surface area contributed by atoms with Crippen LogP contribution in [0.4, 0.5) is 0 Å². The van der Waals surface area contributed by atoms with Crippen molar-refractivity contribution < 1.29 is 8.42 Å². The van der Waals surface area contributed by atoms with E-state index in [9.17, 15) is 8.42 Å². The minimum atomic E-state index is -3.45. The van der Waals surface area contributed by atoms with Crippen LogP contribution in [0.1, 0.15) is 0 Å². The molecule has 0 aromatic heterocycles. The fraction of sp³-hybridized carbons (Fsp3) is 1.00. The third-order valence-electron chi connectivity index (χ3n) is 0.965. The summed E-state index contributed by atoms with van der Waals surface area (Å²) in [7, 11) is -2.15. The topological polar surface area (TPSA) is 107 Å². The van der Waals surface area contributed by atoms with Gasteiger partial charge >= 0.3 is 0 Å². The number of hydrogen-bond acceptors (Lipinski definition) is 6. The maximum absolute atomic E-state index is 10.8. The van der Waals surface area contributed by atoms with Gasteiger partial charge in [0.05, 0.1) is 0 Å². The summed E-state index contributed by atoms with van der Waals surface area (Å²) in [5.74, 6) is 0. The zero-order valence-corrected chi connectivity index (χ0v) is 6.51. The first-order valence-electron chi connectivity index (χ1n) is 2.75. The summed E-state index contributed by atoms with van der Waals surface area (Å²) in [5, 5.41) is 6.58. The molecule has 9 heteroatoms. The number of nitrogens with zero attached hydrogens (tertiary/aromatic N) is 2. The Morgan fingerprint density at radius 1 is 1.36 bits per heavy atom. The quantitative estimate of drug-likeness (QED) is 0.395. The van der Waals surface area contributed by atoms with Crippen LogP contribution in [-0.2, 0) is 10.2 Å². The molecule has 0 aromatic carbocycles. The van der Waals surface area contributed by atoms with Crippen LogP contribution in [0.2, 0.25) is 0 Å². The van der Waals surface area contributed by atoms with Crippen LogP contribution < -0.4 is 20.3 Å². The highest BCUT2D eigenvalue weighted by molar-refractivity contribution is 7.87. The SMILES string of the molecule is CNS(=O)(=O)NC1NN=NN1. The highest BCUT2D eigenvalue weighted by Crippen LogP contribution is 1.84. The van der Waals surface area contributed by atoms with Crippen molar-refractivity contribution in [2.24, 2.45) is 10.4 Å². The van der Waals surface area contributed by atoms with Crippen molar-refractivity contribution in [3.63, 3.8) is 0 Å². The van der Waals surface area contributed by atoms with Crippen molar-refractivity contribution in [3.05, 3.63) is 0 Å². The molecule has 0 spiro atoms. The van der Waals surface area contributed by atoms with Gasteiger partial charge in [-0.3, -0.25) is 10.9 Å². The molecule has 64 valence electrons. The van der Waals surface area contributed by atoms with Gasteiger partial charge in [0, 0.05) is 7.05 Å². The van der Waals surface area contributed by atoms with Crippen molar-refractivity contribution in [3.8, 4) is 0 Å². The van der Waals surface area contributed by atoms with Crippen LogP contribution in [-0.4, -0.2) is 21.8 Å². The average Bonchev–Trinajstić information content (AvgIpc) is 2.39. The van der Waals surface area contributed by atoms with Crippen molar-refractivity contribution in [2.45, 2.75) is 6.29 Å². The molecule has 4 N–H and O–H groups in total. The average molecular weight is 180 g/mol. The lowest BCUT2D eigenvalue weighted by molar-refractivity contribution is 0.476. The molecule has 0 atom stereocenters. The minimum absolute atomic E-state index is 0.674. The van der Waals surface area contributed by atoms with Gasteiger partial charge in [-0.05, 0) is 0 Å². The molecular weight excluding hydrogens is 172 g/mol. The molecule has 0 saturated carbocycles. The second-order valence-electron chi connectivity index (χ2n) is 1.72. The molecular formula is C2H8N6O2S. The van der Waals surface area contributed by atoms with E-state index >= 15 is 0 Å². The van der Waals surface area contributed by atoms with E-state index in [4.69, 9.17) is 0 Å².